The SMILES string of the molecule is O=S(=O)(NCC(O)CO)c1ccc(Cl)cc1C(F)(F)F. The maximum absolute atomic E-state index is 12.8. The molecule has 0 saturated heterocycles. The zero-order chi connectivity index (χ0) is 15.6. The molecule has 20 heavy (non-hydrogen) atoms. The van der Waals surface area contributed by atoms with Gasteiger partial charge < -0.3 is 10.2 Å². The van der Waals surface area contributed by atoms with E-state index in [4.69, 9.17) is 21.8 Å². The van der Waals surface area contributed by atoms with Gasteiger partial charge in [-0.1, -0.05) is 11.6 Å². The van der Waals surface area contributed by atoms with Gasteiger partial charge in [-0.15, -0.1) is 0 Å². The molecule has 1 aromatic carbocycles. The van der Waals surface area contributed by atoms with Crippen LogP contribution in [0.15, 0.2) is 23.1 Å². The van der Waals surface area contributed by atoms with E-state index in [0.29, 0.717) is 6.07 Å². The predicted octanol–water partition coefficient (Wildman–Crippen LogP) is 0.990. The molecular formula is C10H11ClF3NO4S. The minimum atomic E-state index is -4.90. The summed E-state index contributed by atoms with van der Waals surface area (Å²) in [6.45, 7) is -1.34. The molecule has 10 heteroatoms. The Labute approximate surface area is 118 Å². The molecule has 1 rings (SSSR count). The van der Waals surface area contributed by atoms with Crippen molar-refractivity contribution < 1.29 is 31.8 Å². The highest BCUT2D eigenvalue weighted by Crippen LogP contribution is 2.35. The molecule has 0 fully saturated rings. The Morgan fingerprint density at radius 1 is 1.35 bits per heavy atom. The molecule has 0 heterocycles. The average Bonchev–Trinajstić information content (AvgIpc) is 2.34. The van der Waals surface area contributed by atoms with Crippen molar-refractivity contribution in [2.75, 3.05) is 13.2 Å². The number of hydrogen-bond acceptors (Lipinski definition) is 4. The Morgan fingerprint density at radius 3 is 2.45 bits per heavy atom. The number of halogens is 4. The summed E-state index contributed by atoms with van der Waals surface area (Å²) in [5, 5.41) is 17.3. The van der Waals surface area contributed by atoms with Crippen LogP contribution in [0, 0.1) is 0 Å². The molecule has 0 aliphatic heterocycles. The first-order valence-corrected chi connectivity index (χ1v) is 7.09. The Bertz CT molecular complexity index is 576. The highest BCUT2D eigenvalue weighted by Gasteiger charge is 2.37. The van der Waals surface area contributed by atoms with E-state index in [1.54, 1.807) is 4.72 Å². The first-order valence-electron chi connectivity index (χ1n) is 5.23. The van der Waals surface area contributed by atoms with Gasteiger partial charge in [0.2, 0.25) is 10.0 Å². The summed E-state index contributed by atoms with van der Waals surface area (Å²) in [5.41, 5.74) is -1.41. The van der Waals surface area contributed by atoms with Gasteiger partial charge in [-0.25, -0.2) is 13.1 Å². The van der Waals surface area contributed by atoms with Crippen molar-refractivity contribution in [3.63, 3.8) is 0 Å². The van der Waals surface area contributed by atoms with Gasteiger partial charge >= 0.3 is 6.18 Å². The molecule has 1 unspecified atom stereocenters. The van der Waals surface area contributed by atoms with Crippen LogP contribution < -0.4 is 4.72 Å². The van der Waals surface area contributed by atoms with Crippen LogP contribution >= 0.6 is 11.6 Å². The summed E-state index contributed by atoms with van der Waals surface area (Å²) >= 11 is 5.43. The smallest absolute Gasteiger partial charge is 0.394 e. The second-order valence-electron chi connectivity index (χ2n) is 3.83. The summed E-state index contributed by atoms with van der Waals surface area (Å²) in [6, 6.07) is 2.23. The normalized spacial score (nSPS) is 14.3. The molecule has 0 aliphatic carbocycles. The third kappa shape index (κ3) is 4.32. The molecule has 5 nitrogen and oxygen atoms in total. The molecule has 0 saturated carbocycles. The summed E-state index contributed by atoms with van der Waals surface area (Å²) in [6.07, 6.45) is -6.31. The van der Waals surface area contributed by atoms with Crippen molar-refractivity contribution >= 4 is 21.6 Å². The van der Waals surface area contributed by atoms with E-state index < -0.39 is 45.9 Å². The van der Waals surface area contributed by atoms with Crippen LogP contribution in [0.3, 0.4) is 0 Å². The van der Waals surface area contributed by atoms with Crippen molar-refractivity contribution in [1.82, 2.24) is 4.72 Å². The summed E-state index contributed by atoms with van der Waals surface area (Å²) < 4.78 is 63.7. The third-order valence-electron chi connectivity index (χ3n) is 2.26. The summed E-state index contributed by atoms with van der Waals surface area (Å²) in [7, 11) is -4.50. The maximum Gasteiger partial charge on any atom is 0.417 e. The number of rotatable bonds is 5. The first-order chi connectivity index (χ1) is 9.08. The van der Waals surface area contributed by atoms with Gasteiger partial charge in [0.1, 0.15) is 0 Å². The molecular weight excluding hydrogens is 323 g/mol. The molecule has 1 atom stereocenters. The van der Waals surface area contributed by atoms with Gasteiger partial charge in [-0.05, 0) is 18.2 Å². The van der Waals surface area contributed by atoms with Gasteiger partial charge in [0.25, 0.3) is 0 Å². The average molecular weight is 334 g/mol. The molecule has 0 radical (unpaired) electrons. The monoisotopic (exact) mass is 333 g/mol. The molecule has 3 N–H and O–H groups in total. The summed E-state index contributed by atoms with van der Waals surface area (Å²) in [4.78, 5) is -1.00. The lowest BCUT2D eigenvalue weighted by Gasteiger charge is -2.15. The van der Waals surface area contributed by atoms with Gasteiger partial charge in [-0.3, -0.25) is 0 Å². The maximum atomic E-state index is 12.8. The number of benzene rings is 1. The van der Waals surface area contributed by atoms with Crippen LogP contribution in [-0.2, 0) is 16.2 Å². The Morgan fingerprint density at radius 2 is 1.95 bits per heavy atom. The fourth-order valence-electron chi connectivity index (χ4n) is 1.31. The molecule has 1 aromatic rings. The number of aliphatic hydroxyl groups is 2. The van der Waals surface area contributed by atoms with Crippen LogP contribution in [0.5, 0.6) is 0 Å². The molecule has 0 bridgehead atoms. The largest absolute Gasteiger partial charge is 0.417 e. The lowest BCUT2D eigenvalue weighted by Crippen LogP contribution is -2.34. The van der Waals surface area contributed by atoms with Crippen molar-refractivity contribution in [2.45, 2.75) is 17.2 Å². The second kappa shape index (κ2) is 6.27. The van der Waals surface area contributed by atoms with Crippen molar-refractivity contribution in [3.05, 3.63) is 28.8 Å². The molecule has 0 aromatic heterocycles. The van der Waals surface area contributed by atoms with E-state index in [9.17, 15) is 21.6 Å². The van der Waals surface area contributed by atoms with Gasteiger partial charge in [-0.2, -0.15) is 13.2 Å². The van der Waals surface area contributed by atoms with E-state index in [0.717, 1.165) is 12.1 Å². The number of hydrogen-bond donors (Lipinski definition) is 3. The predicted molar refractivity (Wildman–Crippen MR) is 64.7 cm³/mol. The lowest BCUT2D eigenvalue weighted by molar-refractivity contribution is -0.139. The van der Waals surface area contributed by atoms with Crippen LogP contribution in [0.1, 0.15) is 5.56 Å². The highest BCUT2D eigenvalue weighted by atomic mass is 35.5. The van der Waals surface area contributed by atoms with E-state index in [-0.39, 0.29) is 5.02 Å². The lowest BCUT2D eigenvalue weighted by atomic mass is 10.2. The van der Waals surface area contributed by atoms with Crippen LogP contribution in [0.2, 0.25) is 5.02 Å². The Balaban J connectivity index is 3.18. The van der Waals surface area contributed by atoms with E-state index in [1.165, 1.54) is 0 Å². The zero-order valence-corrected chi connectivity index (χ0v) is 11.4. The standard InChI is InChI=1S/C10H11ClF3NO4S/c11-6-1-2-9(8(3-6)10(12,13)14)20(18,19)15-4-7(17)5-16/h1-3,7,15-17H,4-5H2. The van der Waals surface area contributed by atoms with Crippen molar-refractivity contribution in [2.24, 2.45) is 0 Å². The van der Waals surface area contributed by atoms with E-state index >= 15 is 0 Å². The molecule has 0 spiro atoms. The van der Waals surface area contributed by atoms with Crippen molar-refractivity contribution in [3.8, 4) is 0 Å². The van der Waals surface area contributed by atoms with E-state index in [1.807, 2.05) is 0 Å². The van der Waals surface area contributed by atoms with Gasteiger partial charge in [0.05, 0.1) is 23.2 Å². The minimum absolute atomic E-state index is 0.258. The van der Waals surface area contributed by atoms with Crippen LogP contribution in [0.25, 0.3) is 0 Å². The molecule has 0 aliphatic rings. The van der Waals surface area contributed by atoms with E-state index in [2.05, 4.69) is 0 Å². The molecule has 0 amide bonds. The Kier molecular flexibility index (Phi) is 5.39. The summed E-state index contributed by atoms with van der Waals surface area (Å²) in [5.74, 6) is 0. The molecule has 114 valence electrons. The third-order valence-corrected chi connectivity index (χ3v) is 3.97. The quantitative estimate of drug-likeness (QED) is 0.750. The van der Waals surface area contributed by atoms with Crippen LogP contribution in [-0.4, -0.2) is 37.9 Å². The fraction of sp³-hybridized carbons (Fsp3) is 0.400. The zero-order valence-electron chi connectivity index (χ0n) is 9.85. The second-order valence-corrected chi connectivity index (χ2v) is 6.00. The number of sulfonamides is 1. The fourth-order valence-corrected chi connectivity index (χ4v) is 2.76. The van der Waals surface area contributed by atoms with Gasteiger partial charge in [0.15, 0.2) is 0 Å². The van der Waals surface area contributed by atoms with Crippen molar-refractivity contribution in [1.29, 1.82) is 0 Å². The Hall–Kier alpha value is -0.870. The minimum Gasteiger partial charge on any atom is -0.394 e. The topological polar surface area (TPSA) is 86.6 Å². The number of nitrogens with one attached hydrogen (secondary N) is 1. The first kappa shape index (κ1) is 17.2. The number of alkyl halides is 3. The number of aliphatic hydroxyl groups excluding tert-OH is 2. The van der Waals surface area contributed by atoms with Gasteiger partial charge in [0, 0.05) is 11.6 Å². The van der Waals surface area contributed by atoms with Crippen LogP contribution in [0.4, 0.5) is 13.2 Å². The highest BCUT2D eigenvalue weighted by molar-refractivity contribution is 7.89.